The van der Waals surface area contributed by atoms with Crippen molar-refractivity contribution in [2.45, 2.75) is 42.8 Å². The van der Waals surface area contributed by atoms with Crippen molar-refractivity contribution in [3.63, 3.8) is 0 Å². The van der Waals surface area contributed by atoms with Crippen LogP contribution in [0.25, 0.3) is 21.3 Å². The van der Waals surface area contributed by atoms with Gasteiger partial charge in [-0.05, 0) is 94.5 Å². The maximum absolute atomic E-state index is 16.6. The fraction of sp³-hybridized carbons (Fsp3) is 0.140. The van der Waals surface area contributed by atoms with E-state index >= 15 is 14.4 Å². The summed E-state index contributed by atoms with van der Waals surface area (Å²) in [5, 5.41) is 34.0. The molecule has 75 heavy (non-hydrogen) atoms. The number of ether oxygens (including phenoxy) is 2. The van der Waals surface area contributed by atoms with Crippen LogP contribution in [0.1, 0.15) is 51.6 Å². The number of rotatable bonds is 9. The second-order valence-corrected chi connectivity index (χ2v) is 19.3. The minimum atomic E-state index is -2.18. The standard InChI is InChI=1S/C57H40N8O9S/c66-40-28-24-38(25-29-40)51-57(47(52(67)59-55-58-43-18-8-10-20-46(43)75-55)49-53(68)74-50(37-15-5-2-6-16-37)48(64(49)51)36-13-3-1-4-14-36)41-32-34(12-11-31-62-45-19-9-7-17-42(45)60-61-62)23-30-44(41)63(54(57)69)56(70)73-33-35-21-26-39(27-22-35)65(71)72/h1-10,13-30,32,47-51,66H,31,33H2,(H,58,59,67)/t47-,48-,49-,50+,51+,57-/m1/s1. The molecule has 3 amide bonds. The van der Waals surface area contributed by atoms with Crippen molar-refractivity contribution >= 4 is 73.0 Å². The third kappa shape index (κ3) is 7.98. The van der Waals surface area contributed by atoms with Gasteiger partial charge in [0.1, 0.15) is 42.0 Å². The second-order valence-electron chi connectivity index (χ2n) is 18.2. The normalized spacial score (nSPS) is 20.8. The van der Waals surface area contributed by atoms with Crippen molar-refractivity contribution in [1.29, 1.82) is 0 Å². The van der Waals surface area contributed by atoms with Crippen molar-refractivity contribution in [3.8, 4) is 17.6 Å². The van der Waals surface area contributed by atoms with Gasteiger partial charge in [0.15, 0.2) is 5.13 Å². The van der Waals surface area contributed by atoms with E-state index in [-0.39, 0.29) is 41.0 Å². The molecule has 12 rings (SSSR count). The lowest BCUT2D eigenvalue weighted by atomic mass is 9.65. The summed E-state index contributed by atoms with van der Waals surface area (Å²) in [7, 11) is 0. The van der Waals surface area contributed by atoms with E-state index in [1.807, 2.05) is 108 Å². The fourth-order valence-corrected chi connectivity index (χ4v) is 11.8. The summed E-state index contributed by atoms with van der Waals surface area (Å²) in [5.74, 6) is 2.20. The molecule has 0 aliphatic carbocycles. The number of para-hydroxylation sites is 2. The number of fused-ring (bicyclic) bond motifs is 5. The van der Waals surface area contributed by atoms with E-state index < -0.39 is 64.4 Å². The largest absolute Gasteiger partial charge is 0.508 e. The number of aromatic hydroxyl groups is 1. The predicted molar refractivity (Wildman–Crippen MR) is 276 cm³/mol. The van der Waals surface area contributed by atoms with Crippen molar-refractivity contribution in [1.82, 2.24) is 24.9 Å². The average Bonchev–Trinajstić information content (AvgIpc) is 4.23. The van der Waals surface area contributed by atoms with Crippen LogP contribution >= 0.6 is 11.3 Å². The van der Waals surface area contributed by atoms with Gasteiger partial charge in [0.2, 0.25) is 11.8 Å². The Hall–Kier alpha value is -9.57. The van der Waals surface area contributed by atoms with Gasteiger partial charge in [-0.2, -0.15) is 0 Å². The highest BCUT2D eigenvalue weighted by Gasteiger charge is 2.76. The Morgan fingerprint density at radius 3 is 2.23 bits per heavy atom. The first kappa shape index (κ1) is 46.5. The molecular formula is C57H40N8O9S. The van der Waals surface area contributed by atoms with Crippen molar-refractivity contribution in [2.24, 2.45) is 5.92 Å². The average molecular weight is 1010 g/mol. The Morgan fingerprint density at radius 2 is 1.49 bits per heavy atom. The maximum Gasteiger partial charge on any atom is 0.421 e. The summed E-state index contributed by atoms with van der Waals surface area (Å²) < 4.78 is 14.9. The molecule has 3 aliphatic rings. The molecule has 2 fully saturated rings. The number of hydrogen-bond donors (Lipinski definition) is 2. The van der Waals surface area contributed by atoms with Crippen LogP contribution in [0.4, 0.5) is 21.3 Å². The molecule has 0 saturated carbocycles. The van der Waals surface area contributed by atoms with Crippen LogP contribution in [-0.4, -0.2) is 64.8 Å². The Morgan fingerprint density at radius 1 is 0.800 bits per heavy atom. The number of morpholine rings is 1. The summed E-state index contributed by atoms with van der Waals surface area (Å²) in [4.78, 5) is 81.5. The van der Waals surface area contributed by atoms with Crippen LogP contribution in [-0.2, 0) is 42.4 Å². The maximum atomic E-state index is 16.6. The number of cyclic esters (lactones) is 1. The van der Waals surface area contributed by atoms with E-state index in [4.69, 9.17) is 14.5 Å². The fourth-order valence-electron chi connectivity index (χ4n) is 10.9. The molecule has 17 nitrogen and oxygen atoms in total. The number of esters is 1. The zero-order valence-corrected chi connectivity index (χ0v) is 40.1. The van der Waals surface area contributed by atoms with Gasteiger partial charge in [-0.25, -0.2) is 19.4 Å². The molecule has 2 aromatic heterocycles. The summed E-state index contributed by atoms with van der Waals surface area (Å²) in [6.45, 7) is -0.254. The molecule has 0 unspecified atom stereocenters. The molecule has 0 bridgehead atoms. The van der Waals surface area contributed by atoms with Gasteiger partial charge in [-0.3, -0.25) is 29.4 Å². The van der Waals surface area contributed by atoms with E-state index in [0.717, 1.165) is 15.1 Å². The number of nitrogens with one attached hydrogen (secondary N) is 1. The summed E-state index contributed by atoms with van der Waals surface area (Å²) >= 11 is 1.21. The van der Waals surface area contributed by atoms with Crippen LogP contribution in [0.2, 0.25) is 0 Å². The molecule has 5 heterocycles. The minimum Gasteiger partial charge on any atom is -0.508 e. The predicted octanol–water partition coefficient (Wildman–Crippen LogP) is 9.35. The quantitative estimate of drug-likeness (QED) is 0.0598. The summed E-state index contributed by atoms with van der Waals surface area (Å²) in [6, 6.07) is 46.2. The lowest BCUT2D eigenvalue weighted by Gasteiger charge is -2.46. The zero-order chi connectivity index (χ0) is 51.4. The molecule has 6 atom stereocenters. The molecule has 0 radical (unpaired) electrons. The number of thiazole rings is 1. The number of nitrogens with zero attached hydrogens (tertiary/aromatic N) is 7. The third-order valence-electron chi connectivity index (χ3n) is 14.0. The van der Waals surface area contributed by atoms with Crippen molar-refractivity contribution in [3.05, 3.63) is 219 Å². The van der Waals surface area contributed by atoms with Gasteiger partial charge in [0.25, 0.3) is 5.69 Å². The molecule has 2 N–H and O–H groups in total. The van der Waals surface area contributed by atoms with Gasteiger partial charge < -0.3 is 19.9 Å². The molecule has 7 aromatic carbocycles. The number of carbonyl (C=O) groups excluding carboxylic acids is 4. The van der Waals surface area contributed by atoms with Gasteiger partial charge in [0, 0.05) is 17.7 Å². The number of amides is 3. The number of phenolic OH excluding ortho intramolecular Hbond substituents is 1. The zero-order valence-electron chi connectivity index (χ0n) is 39.3. The first-order valence-electron chi connectivity index (χ1n) is 23.8. The van der Waals surface area contributed by atoms with E-state index in [0.29, 0.717) is 38.9 Å². The number of benzene rings is 7. The lowest BCUT2D eigenvalue weighted by molar-refractivity contribution is -0.384. The highest BCUT2D eigenvalue weighted by atomic mass is 32.1. The van der Waals surface area contributed by atoms with E-state index in [1.165, 1.54) is 47.7 Å². The Kier molecular flexibility index (Phi) is 11.7. The number of nitro groups is 1. The number of carbonyl (C=O) groups is 4. The molecule has 18 heteroatoms. The highest BCUT2D eigenvalue weighted by Crippen LogP contribution is 2.66. The van der Waals surface area contributed by atoms with Crippen molar-refractivity contribution < 1.29 is 38.7 Å². The van der Waals surface area contributed by atoms with Crippen molar-refractivity contribution in [2.75, 3.05) is 10.2 Å². The molecule has 9 aromatic rings. The SMILES string of the molecule is O=C1O[C@@H](c2ccccc2)[C@@H](c2ccccc2)N2[C@@H](c3ccc(O)cc3)[C@]3(C(=O)N(C(=O)OCc4ccc([N+](=O)[O-])cc4)c4ccc(C#CCn5nnc6ccccc65)cc43)[C@@H](C(=O)Nc3nc4ccccc4s3)[C@H]12. The number of imide groups is 1. The number of non-ortho nitro benzene ring substituents is 1. The molecule has 368 valence electrons. The van der Waals surface area contributed by atoms with E-state index in [9.17, 15) is 20.0 Å². The number of anilines is 2. The molecule has 1 spiro atoms. The lowest BCUT2D eigenvalue weighted by Crippen LogP contribution is -2.54. The Balaban J connectivity index is 1.09. The van der Waals surface area contributed by atoms with E-state index in [2.05, 4.69) is 27.5 Å². The second kappa shape index (κ2) is 18.8. The smallest absolute Gasteiger partial charge is 0.421 e. The minimum absolute atomic E-state index is 0.0622. The van der Waals surface area contributed by atoms with Crippen LogP contribution in [0.3, 0.4) is 0 Å². The monoisotopic (exact) mass is 1010 g/mol. The number of nitro benzene ring substituents is 1. The summed E-state index contributed by atoms with van der Waals surface area (Å²) in [6.07, 6.45) is -2.10. The summed E-state index contributed by atoms with van der Waals surface area (Å²) in [5.41, 5.74) is 2.53. The van der Waals surface area contributed by atoms with Crippen LogP contribution in [0, 0.1) is 27.9 Å². The third-order valence-corrected chi connectivity index (χ3v) is 15.0. The van der Waals surface area contributed by atoms with E-state index in [1.54, 1.807) is 41.1 Å². The topological polar surface area (TPSA) is 212 Å². The molecular weight excluding hydrogens is 973 g/mol. The van der Waals surface area contributed by atoms with Crippen LogP contribution < -0.4 is 10.2 Å². The first-order valence-corrected chi connectivity index (χ1v) is 24.6. The molecule has 2 saturated heterocycles. The highest BCUT2D eigenvalue weighted by molar-refractivity contribution is 7.22. The van der Waals surface area contributed by atoms with Crippen LogP contribution in [0.5, 0.6) is 5.75 Å². The van der Waals surface area contributed by atoms with Gasteiger partial charge >= 0.3 is 12.1 Å². The molecule has 3 aliphatic heterocycles. The van der Waals surface area contributed by atoms with Crippen LogP contribution in [0.15, 0.2) is 176 Å². The van der Waals surface area contributed by atoms with Gasteiger partial charge in [-0.15, -0.1) is 5.10 Å². The Labute approximate surface area is 430 Å². The number of phenols is 1. The van der Waals surface area contributed by atoms with Gasteiger partial charge in [0.05, 0.1) is 44.3 Å². The first-order chi connectivity index (χ1) is 36.6. The number of aromatic nitrogens is 4. The Bertz CT molecular complexity index is 3770. The van der Waals surface area contributed by atoms with Gasteiger partial charge in [-0.1, -0.05) is 125 Å². The number of hydrogen-bond acceptors (Lipinski definition) is 14.